The second-order valence-corrected chi connectivity index (χ2v) is 8.57. The molecule has 0 aliphatic carbocycles. The Hall–Kier alpha value is -2.87. The van der Waals surface area contributed by atoms with Gasteiger partial charge in [-0.1, -0.05) is 0 Å². The molecule has 1 atom stereocenters. The van der Waals surface area contributed by atoms with Gasteiger partial charge in [0.05, 0.1) is 23.5 Å². The Labute approximate surface area is 172 Å². The molecule has 4 rings (SSSR count). The van der Waals surface area contributed by atoms with Crippen LogP contribution in [-0.2, 0) is 11.2 Å². The van der Waals surface area contributed by atoms with Gasteiger partial charge >= 0.3 is 0 Å². The molecule has 1 aromatic carbocycles. The average molecular weight is 412 g/mol. The first-order valence-electron chi connectivity index (χ1n) is 9.50. The molecule has 6 nitrogen and oxygen atoms in total. The van der Waals surface area contributed by atoms with Crippen molar-refractivity contribution in [1.82, 2.24) is 20.1 Å². The van der Waals surface area contributed by atoms with E-state index in [1.165, 1.54) is 12.1 Å². The van der Waals surface area contributed by atoms with E-state index in [0.717, 1.165) is 27.6 Å². The highest BCUT2D eigenvalue weighted by Crippen LogP contribution is 2.30. The molecule has 0 bridgehead atoms. The van der Waals surface area contributed by atoms with Crippen LogP contribution in [0.2, 0.25) is 0 Å². The van der Waals surface area contributed by atoms with Crippen molar-refractivity contribution in [3.05, 3.63) is 57.4 Å². The third-order valence-corrected chi connectivity index (χ3v) is 6.23. The summed E-state index contributed by atoms with van der Waals surface area (Å²) < 4.78 is 13.4. The minimum Gasteiger partial charge on any atom is -0.397 e. The van der Waals surface area contributed by atoms with Crippen LogP contribution in [0.25, 0.3) is 11.3 Å². The van der Waals surface area contributed by atoms with E-state index in [4.69, 9.17) is 5.73 Å². The zero-order valence-corrected chi connectivity index (χ0v) is 17.2. The summed E-state index contributed by atoms with van der Waals surface area (Å²) in [5.41, 5.74) is 9.42. The number of nitrogens with two attached hydrogens (primary N) is 1. The summed E-state index contributed by atoms with van der Waals surface area (Å²) in [5, 5.41) is 10.2. The number of likely N-dealkylation sites (tertiary alicyclic amines) is 1. The van der Waals surface area contributed by atoms with Crippen molar-refractivity contribution in [3.8, 4) is 11.3 Å². The molecule has 3 heterocycles. The van der Waals surface area contributed by atoms with Crippen molar-refractivity contribution >= 4 is 22.9 Å². The number of aromatic nitrogens is 3. The quantitative estimate of drug-likeness (QED) is 0.710. The number of nitrogens with zero attached hydrogens (tertiary/aromatic N) is 4. The Balaban J connectivity index is 1.50. The molecule has 0 spiro atoms. The van der Waals surface area contributed by atoms with E-state index in [2.05, 4.69) is 15.2 Å². The number of carbonyl (C=O) groups is 1. The maximum absolute atomic E-state index is 13.4. The van der Waals surface area contributed by atoms with Crippen molar-refractivity contribution in [2.45, 2.75) is 32.6 Å². The number of pyridine rings is 1. The lowest BCUT2D eigenvalue weighted by atomic mass is 10.0. The van der Waals surface area contributed by atoms with Crippen LogP contribution in [0.1, 0.15) is 33.6 Å². The Morgan fingerprint density at radius 2 is 2.10 bits per heavy atom. The number of nitrogen functional groups attached to an aromatic ring is 1. The van der Waals surface area contributed by atoms with Crippen LogP contribution in [-0.4, -0.2) is 39.1 Å². The van der Waals surface area contributed by atoms with Gasteiger partial charge in [0.2, 0.25) is 5.91 Å². The first-order chi connectivity index (χ1) is 13.9. The molecule has 1 aliphatic heterocycles. The monoisotopic (exact) mass is 411 g/mol. The topological polar surface area (TPSA) is 85.0 Å². The number of carbonyl (C=O) groups excluding carboxylic acids is 1. The van der Waals surface area contributed by atoms with Gasteiger partial charge in [0, 0.05) is 24.6 Å². The molecule has 1 aliphatic rings. The molecular weight excluding hydrogens is 389 g/mol. The number of halogens is 1. The third-order valence-electron chi connectivity index (χ3n) is 5.22. The number of aryl methyl sites for hydroxylation is 2. The number of rotatable bonds is 4. The summed E-state index contributed by atoms with van der Waals surface area (Å²) in [6.45, 7) is 5.10. The molecule has 29 heavy (non-hydrogen) atoms. The standard InChI is InChI=1S/C21H22FN5OS/c1-12-9-15(22)3-4-16(12)18-6-5-17(23)19(24-18)10-20(28)27-8-7-14(11-27)21-26-25-13(2)29-21/h3-6,9,14H,7-8,10-11,23H2,1-2H3. The van der Waals surface area contributed by atoms with Crippen molar-refractivity contribution in [3.63, 3.8) is 0 Å². The van der Waals surface area contributed by atoms with Crippen molar-refractivity contribution < 1.29 is 9.18 Å². The maximum atomic E-state index is 13.4. The van der Waals surface area contributed by atoms with E-state index in [1.54, 1.807) is 29.5 Å². The smallest absolute Gasteiger partial charge is 0.228 e. The minimum absolute atomic E-state index is 0.000848. The molecule has 2 N–H and O–H groups in total. The van der Waals surface area contributed by atoms with E-state index in [0.29, 0.717) is 30.2 Å². The van der Waals surface area contributed by atoms with Crippen LogP contribution in [0, 0.1) is 19.7 Å². The molecule has 8 heteroatoms. The number of hydrogen-bond acceptors (Lipinski definition) is 6. The van der Waals surface area contributed by atoms with Gasteiger partial charge < -0.3 is 10.6 Å². The van der Waals surface area contributed by atoms with Crippen LogP contribution in [0.15, 0.2) is 30.3 Å². The van der Waals surface area contributed by atoms with E-state index in [-0.39, 0.29) is 24.1 Å². The molecule has 1 saturated heterocycles. The molecule has 2 aromatic heterocycles. The van der Waals surface area contributed by atoms with Crippen molar-refractivity contribution in [1.29, 1.82) is 0 Å². The molecule has 3 aromatic rings. The van der Waals surface area contributed by atoms with Gasteiger partial charge in [0.1, 0.15) is 15.8 Å². The van der Waals surface area contributed by atoms with Gasteiger partial charge in [-0.15, -0.1) is 21.5 Å². The predicted octanol–water partition coefficient (Wildman–Crippen LogP) is 3.50. The van der Waals surface area contributed by atoms with Gasteiger partial charge in [-0.3, -0.25) is 9.78 Å². The van der Waals surface area contributed by atoms with Gasteiger partial charge in [-0.05, 0) is 56.2 Å². The normalized spacial score (nSPS) is 16.4. The number of benzene rings is 1. The summed E-state index contributed by atoms with van der Waals surface area (Å²) in [4.78, 5) is 19.3. The van der Waals surface area contributed by atoms with Crippen LogP contribution < -0.4 is 5.73 Å². The van der Waals surface area contributed by atoms with Crippen LogP contribution in [0.3, 0.4) is 0 Å². The summed E-state index contributed by atoms with van der Waals surface area (Å²) in [5.74, 6) is -0.0455. The average Bonchev–Trinajstić information content (AvgIpc) is 3.33. The molecule has 1 fully saturated rings. The molecule has 1 unspecified atom stereocenters. The Bertz CT molecular complexity index is 1070. The highest BCUT2D eigenvalue weighted by Gasteiger charge is 2.30. The van der Waals surface area contributed by atoms with E-state index in [1.807, 2.05) is 18.7 Å². The van der Waals surface area contributed by atoms with E-state index in [9.17, 15) is 9.18 Å². The van der Waals surface area contributed by atoms with Crippen LogP contribution in [0.5, 0.6) is 0 Å². The fraction of sp³-hybridized carbons (Fsp3) is 0.333. The maximum Gasteiger partial charge on any atom is 0.228 e. The number of amides is 1. The van der Waals surface area contributed by atoms with Crippen LogP contribution in [0.4, 0.5) is 10.1 Å². The third kappa shape index (κ3) is 4.12. The second-order valence-electron chi connectivity index (χ2n) is 7.35. The molecular formula is C21H22FN5OS. The molecule has 0 saturated carbocycles. The fourth-order valence-corrected chi connectivity index (χ4v) is 4.46. The lowest BCUT2D eigenvalue weighted by molar-refractivity contribution is -0.129. The highest BCUT2D eigenvalue weighted by atomic mass is 32.1. The largest absolute Gasteiger partial charge is 0.397 e. The lowest BCUT2D eigenvalue weighted by Crippen LogP contribution is -2.30. The summed E-state index contributed by atoms with van der Waals surface area (Å²) in [7, 11) is 0. The zero-order valence-electron chi connectivity index (χ0n) is 16.4. The Kier molecular flexibility index (Phi) is 5.27. The first-order valence-corrected chi connectivity index (χ1v) is 10.3. The summed E-state index contributed by atoms with van der Waals surface area (Å²) >= 11 is 1.59. The van der Waals surface area contributed by atoms with Crippen molar-refractivity contribution in [2.24, 2.45) is 0 Å². The lowest BCUT2D eigenvalue weighted by Gasteiger charge is -2.17. The molecule has 0 radical (unpaired) electrons. The predicted molar refractivity (Wildman–Crippen MR) is 111 cm³/mol. The Morgan fingerprint density at radius 1 is 1.28 bits per heavy atom. The van der Waals surface area contributed by atoms with Crippen LogP contribution >= 0.6 is 11.3 Å². The van der Waals surface area contributed by atoms with Crippen molar-refractivity contribution in [2.75, 3.05) is 18.8 Å². The van der Waals surface area contributed by atoms with Gasteiger partial charge in [0.25, 0.3) is 0 Å². The summed E-state index contributed by atoms with van der Waals surface area (Å²) in [6.07, 6.45) is 1.03. The number of anilines is 1. The highest BCUT2D eigenvalue weighted by molar-refractivity contribution is 7.11. The SMILES string of the molecule is Cc1nnc(C2CCN(C(=O)Cc3nc(-c4ccc(F)cc4C)ccc3N)C2)s1. The van der Waals surface area contributed by atoms with Gasteiger partial charge in [-0.25, -0.2) is 4.39 Å². The second kappa shape index (κ2) is 7.87. The van der Waals surface area contributed by atoms with Gasteiger partial charge in [0.15, 0.2) is 0 Å². The minimum atomic E-state index is -0.286. The Morgan fingerprint density at radius 3 is 2.83 bits per heavy atom. The summed E-state index contributed by atoms with van der Waals surface area (Å²) in [6, 6.07) is 8.13. The van der Waals surface area contributed by atoms with Gasteiger partial charge in [-0.2, -0.15) is 0 Å². The van der Waals surface area contributed by atoms with E-state index >= 15 is 0 Å². The fourth-order valence-electron chi connectivity index (χ4n) is 3.64. The first kappa shape index (κ1) is 19.4. The molecule has 150 valence electrons. The van der Waals surface area contributed by atoms with E-state index < -0.39 is 0 Å². The molecule has 1 amide bonds. The number of hydrogen-bond donors (Lipinski definition) is 1. The zero-order chi connectivity index (χ0) is 20.5.